The van der Waals surface area contributed by atoms with E-state index in [0.717, 1.165) is 24.3 Å². The molecule has 106 valence electrons. The molecule has 2 rings (SSSR count). The number of aromatic nitrogens is 2. The normalized spacial score (nSPS) is 10.3. The largest absolute Gasteiger partial charge is 0.496 e. The Kier molecular flexibility index (Phi) is 5.32. The van der Waals surface area contributed by atoms with Crippen molar-refractivity contribution in [3.63, 3.8) is 0 Å². The summed E-state index contributed by atoms with van der Waals surface area (Å²) in [6.45, 7) is 1.58. The van der Waals surface area contributed by atoms with Crippen LogP contribution in [-0.4, -0.2) is 37.3 Å². The van der Waals surface area contributed by atoms with Gasteiger partial charge in [0.1, 0.15) is 5.75 Å². The highest BCUT2D eigenvalue weighted by atomic mass is 16.5. The molecule has 5 heteroatoms. The molecule has 1 aromatic heterocycles. The molecule has 0 aliphatic heterocycles. The second-order valence-corrected chi connectivity index (χ2v) is 4.25. The van der Waals surface area contributed by atoms with Crippen molar-refractivity contribution in [2.45, 2.75) is 6.42 Å². The molecule has 20 heavy (non-hydrogen) atoms. The van der Waals surface area contributed by atoms with Crippen LogP contribution in [0.4, 0.5) is 0 Å². The van der Waals surface area contributed by atoms with Gasteiger partial charge < -0.3 is 14.8 Å². The van der Waals surface area contributed by atoms with E-state index in [1.54, 1.807) is 19.5 Å². The molecular weight excluding hydrogens is 254 g/mol. The third-order valence-electron chi connectivity index (χ3n) is 2.82. The second-order valence-electron chi connectivity index (χ2n) is 4.25. The van der Waals surface area contributed by atoms with Crippen molar-refractivity contribution in [1.29, 1.82) is 0 Å². The number of para-hydroxylation sites is 1. The number of methoxy groups -OCH3 is 1. The molecule has 1 heterocycles. The molecule has 5 nitrogen and oxygen atoms in total. The van der Waals surface area contributed by atoms with Gasteiger partial charge in [-0.3, -0.25) is 0 Å². The first-order valence-corrected chi connectivity index (χ1v) is 6.58. The van der Waals surface area contributed by atoms with Crippen LogP contribution in [0.25, 0.3) is 11.4 Å². The van der Waals surface area contributed by atoms with Crippen LogP contribution in [0.5, 0.6) is 11.5 Å². The molecule has 0 radical (unpaired) electrons. The van der Waals surface area contributed by atoms with E-state index < -0.39 is 0 Å². The van der Waals surface area contributed by atoms with Crippen molar-refractivity contribution >= 4 is 0 Å². The van der Waals surface area contributed by atoms with Crippen LogP contribution in [0.1, 0.15) is 6.42 Å². The Morgan fingerprint density at radius 2 is 1.90 bits per heavy atom. The van der Waals surface area contributed by atoms with Gasteiger partial charge in [0, 0.05) is 0 Å². The minimum atomic E-state index is 0.630. The van der Waals surface area contributed by atoms with E-state index in [-0.39, 0.29) is 0 Å². The summed E-state index contributed by atoms with van der Waals surface area (Å²) < 4.78 is 10.9. The van der Waals surface area contributed by atoms with Crippen LogP contribution in [0.3, 0.4) is 0 Å². The SMILES string of the molecule is CNCCCOc1cnc(-c2ccccc2OC)nc1. The molecule has 0 atom stereocenters. The van der Waals surface area contributed by atoms with Crippen molar-refractivity contribution in [2.75, 3.05) is 27.3 Å². The molecule has 0 aliphatic rings. The molecule has 1 aromatic carbocycles. The van der Waals surface area contributed by atoms with Gasteiger partial charge in [-0.2, -0.15) is 0 Å². The Morgan fingerprint density at radius 3 is 2.60 bits per heavy atom. The van der Waals surface area contributed by atoms with Gasteiger partial charge >= 0.3 is 0 Å². The molecule has 2 aromatic rings. The maximum absolute atomic E-state index is 5.56. The summed E-state index contributed by atoms with van der Waals surface area (Å²) in [6, 6.07) is 7.67. The molecule has 0 spiro atoms. The molecular formula is C15H19N3O2. The topological polar surface area (TPSA) is 56.3 Å². The summed E-state index contributed by atoms with van der Waals surface area (Å²) >= 11 is 0. The first-order valence-electron chi connectivity index (χ1n) is 6.58. The predicted molar refractivity (Wildman–Crippen MR) is 78.1 cm³/mol. The fourth-order valence-electron chi connectivity index (χ4n) is 1.80. The van der Waals surface area contributed by atoms with E-state index >= 15 is 0 Å². The Labute approximate surface area is 119 Å². The minimum absolute atomic E-state index is 0.630. The van der Waals surface area contributed by atoms with E-state index in [2.05, 4.69) is 15.3 Å². The molecule has 0 fully saturated rings. The zero-order valence-electron chi connectivity index (χ0n) is 11.8. The molecule has 0 amide bonds. The van der Waals surface area contributed by atoms with E-state index in [9.17, 15) is 0 Å². The van der Waals surface area contributed by atoms with Gasteiger partial charge in [-0.1, -0.05) is 12.1 Å². The van der Waals surface area contributed by atoms with Crippen LogP contribution in [0.15, 0.2) is 36.7 Å². The van der Waals surface area contributed by atoms with Crippen molar-refractivity contribution in [3.8, 4) is 22.9 Å². The smallest absolute Gasteiger partial charge is 0.163 e. The monoisotopic (exact) mass is 273 g/mol. The van der Waals surface area contributed by atoms with E-state index in [1.165, 1.54) is 0 Å². The third kappa shape index (κ3) is 3.68. The summed E-state index contributed by atoms with van der Waals surface area (Å²) in [4.78, 5) is 8.65. The number of nitrogens with one attached hydrogen (secondary N) is 1. The first kappa shape index (κ1) is 14.3. The standard InChI is InChI=1S/C15H19N3O2/c1-16-8-5-9-20-12-10-17-15(18-11-12)13-6-3-4-7-14(13)19-2/h3-4,6-7,10-11,16H,5,8-9H2,1-2H3. The average molecular weight is 273 g/mol. The lowest BCUT2D eigenvalue weighted by molar-refractivity contribution is 0.307. The predicted octanol–water partition coefficient (Wildman–Crippen LogP) is 2.14. The van der Waals surface area contributed by atoms with Crippen molar-refractivity contribution in [3.05, 3.63) is 36.7 Å². The van der Waals surface area contributed by atoms with E-state index in [4.69, 9.17) is 9.47 Å². The molecule has 0 bridgehead atoms. The van der Waals surface area contributed by atoms with Crippen LogP contribution < -0.4 is 14.8 Å². The molecule has 0 aliphatic carbocycles. The highest BCUT2D eigenvalue weighted by Gasteiger charge is 2.07. The average Bonchev–Trinajstić information content (AvgIpc) is 2.52. The van der Waals surface area contributed by atoms with Gasteiger partial charge in [0.2, 0.25) is 0 Å². The summed E-state index contributed by atoms with van der Waals surface area (Å²) in [7, 11) is 3.56. The van der Waals surface area contributed by atoms with Crippen LogP contribution >= 0.6 is 0 Å². The van der Waals surface area contributed by atoms with E-state index in [1.807, 2.05) is 31.3 Å². The zero-order valence-corrected chi connectivity index (χ0v) is 11.8. The Bertz CT molecular complexity index is 529. The summed E-state index contributed by atoms with van der Waals surface area (Å²) in [5, 5.41) is 3.07. The van der Waals surface area contributed by atoms with Crippen LogP contribution in [0.2, 0.25) is 0 Å². The van der Waals surface area contributed by atoms with Gasteiger partial charge in [0.25, 0.3) is 0 Å². The van der Waals surface area contributed by atoms with Crippen molar-refractivity contribution < 1.29 is 9.47 Å². The maximum atomic E-state index is 5.56. The first-order chi connectivity index (χ1) is 9.85. The summed E-state index contributed by atoms with van der Waals surface area (Å²) in [5.41, 5.74) is 0.872. The highest BCUT2D eigenvalue weighted by Crippen LogP contribution is 2.26. The highest BCUT2D eigenvalue weighted by molar-refractivity contribution is 5.63. The Hall–Kier alpha value is -2.14. The van der Waals surface area contributed by atoms with Crippen LogP contribution in [-0.2, 0) is 0 Å². The minimum Gasteiger partial charge on any atom is -0.496 e. The molecule has 0 unspecified atom stereocenters. The molecule has 0 saturated carbocycles. The lowest BCUT2D eigenvalue weighted by Crippen LogP contribution is -2.11. The quantitative estimate of drug-likeness (QED) is 0.783. The fourth-order valence-corrected chi connectivity index (χ4v) is 1.80. The summed E-state index contributed by atoms with van der Waals surface area (Å²) in [6.07, 6.45) is 4.33. The molecule has 0 saturated heterocycles. The molecule has 1 N–H and O–H groups in total. The lowest BCUT2D eigenvalue weighted by atomic mass is 10.2. The van der Waals surface area contributed by atoms with Gasteiger partial charge in [-0.05, 0) is 32.1 Å². The number of rotatable bonds is 7. The number of benzene rings is 1. The number of nitrogens with zero attached hydrogens (tertiary/aromatic N) is 2. The maximum Gasteiger partial charge on any atom is 0.163 e. The zero-order chi connectivity index (χ0) is 14.2. The Balaban J connectivity index is 2.04. The third-order valence-corrected chi connectivity index (χ3v) is 2.82. The van der Waals surface area contributed by atoms with E-state index in [0.29, 0.717) is 18.2 Å². The lowest BCUT2D eigenvalue weighted by Gasteiger charge is -2.08. The fraction of sp³-hybridized carbons (Fsp3) is 0.333. The number of hydrogen-bond acceptors (Lipinski definition) is 5. The van der Waals surface area contributed by atoms with Gasteiger partial charge in [0.05, 0.1) is 31.7 Å². The van der Waals surface area contributed by atoms with Crippen LogP contribution in [0, 0.1) is 0 Å². The number of ether oxygens (including phenoxy) is 2. The van der Waals surface area contributed by atoms with Gasteiger partial charge in [-0.25, -0.2) is 9.97 Å². The van der Waals surface area contributed by atoms with Crippen molar-refractivity contribution in [2.24, 2.45) is 0 Å². The second kappa shape index (κ2) is 7.45. The van der Waals surface area contributed by atoms with Gasteiger partial charge in [-0.15, -0.1) is 0 Å². The van der Waals surface area contributed by atoms with Crippen molar-refractivity contribution in [1.82, 2.24) is 15.3 Å². The number of hydrogen-bond donors (Lipinski definition) is 1. The summed E-state index contributed by atoms with van der Waals surface area (Å²) in [5.74, 6) is 2.07. The Morgan fingerprint density at radius 1 is 1.15 bits per heavy atom. The van der Waals surface area contributed by atoms with Gasteiger partial charge in [0.15, 0.2) is 11.6 Å².